The third-order valence-corrected chi connectivity index (χ3v) is 8.19. The monoisotopic (exact) mass is 575 g/mol. The van der Waals surface area contributed by atoms with E-state index in [1.54, 1.807) is 12.3 Å². The molecule has 2 atom stereocenters. The molecule has 2 aliphatic heterocycles. The second kappa shape index (κ2) is 9.83. The number of aromatic nitrogens is 2. The number of benzene rings is 2. The van der Waals surface area contributed by atoms with Gasteiger partial charge in [0.25, 0.3) is 0 Å². The average Bonchev–Trinajstić information content (AvgIpc) is 3.59. The van der Waals surface area contributed by atoms with Gasteiger partial charge in [0, 0.05) is 35.0 Å². The highest BCUT2D eigenvalue weighted by Gasteiger charge is 2.42. The van der Waals surface area contributed by atoms with Crippen molar-refractivity contribution in [2.45, 2.75) is 32.9 Å². The van der Waals surface area contributed by atoms with Crippen LogP contribution in [0.4, 0.5) is 11.4 Å². The molecule has 9 nitrogen and oxygen atoms in total. The summed E-state index contributed by atoms with van der Waals surface area (Å²) in [7, 11) is -3.41. The molecule has 11 heteroatoms. The fraction of sp³-hybridized carbons (Fsp3) is 0.241. The predicted octanol–water partition coefficient (Wildman–Crippen LogP) is 5.07. The molecule has 0 spiro atoms. The molecule has 2 aliphatic rings. The molecule has 1 saturated heterocycles. The smallest absolute Gasteiger partial charge is 0.231 e. The van der Waals surface area contributed by atoms with E-state index in [0.717, 1.165) is 57.3 Å². The van der Waals surface area contributed by atoms with Gasteiger partial charge in [-0.3, -0.25) is 9.71 Å². The molecule has 0 amide bonds. The Morgan fingerprint density at radius 2 is 1.77 bits per heavy atom. The van der Waals surface area contributed by atoms with Crippen LogP contribution >= 0.6 is 12.2 Å². The zero-order valence-electron chi connectivity index (χ0n) is 22.5. The molecule has 2 aromatic carbocycles. The summed E-state index contributed by atoms with van der Waals surface area (Å²) >= 11 is 5.91. The lowest BCUT2D eigenvalue weighted by Gasteiger charge is -2.29. The summed E-state index contributed by atoms with van der Waals surface area (Å²) in [5.41, 5.74) is 7.24. The lowest BCUT2D eigenvalue weighted by Crippen LogP contribution is -2.29. The fourth-order valence-corrected chi connectivity index (χ4v) is 6.54. The Hall–Kier alpha value is -4.09. The van der Waals surface area contributed by atoms with Gasteiger partial charge in [-0.25, -0.2) is 8.42 Å². The third kappa shape index (κ3) is 4.65. The zero-order valence-corrected chi connectivity index (χ0v) is 24.1. The minimum absolute atomic E-state index is 0.214. The van der Waals surface area contributed by atoms with E-state index in [9.17, 15) is 8.42 Å². The number of rotatable bonds is 6. The Kier molecular flexibility index (Phi) is 6.42. The van der Waals surface area contributed by atoms with Crippen LogP contribution in [0.25, 0.3) is 5.69 Å². The Bertz CT molecular complexity index is 1740. The van der Waals surface area contributed by atoms with Crippen molar-refractivity contribution in [3.8, 4) is 17.2 Å². The van der Waals surface area contributed by atoms with Crippen LogP contribution in [-0.4, -0.2) is 36.1 Å². The van der Waals surface area contributed by atoms with Crippen molar-refractivity contribution < 1.29 is 17.9 Å². The molecule has 40 heavy (non-hydrogen) atoms. The first-order valence-electron chi connectivity index (χ1n) is 12.8. The second-order valence-corrected chi connectivity index (χ2v) is 12.2. The lowest BCUT2D eigenvalue weighted by molar-refractivity contribution is 0.174. The number of fused-ring (bicyclic) bond motifs is 1. The van der Waals surface area contributed by atoms with Crippen molar-refractivity contribution in [1.82, 2.24) is 14.9 Å². The quantitative estimate of drug-likeness (QED) is 0.308. The lowest BCUT2D eigenvalue weighted by atomic mass is 9.96. The molecule has 0 radical (unpaired) electrons. The van der Waals surface area contributed by atoms with Crippen LogP contribution in [-0.2, 0) is 10.0 Å². The molecule has 206 valence electrons. The van der Waals surface area contributed by atoms with E-state index >= 15 is 0 Å². The number of thiocarbonyl (C=S) groups is 1. The summed E-state index contributed by atoms with van der Waals surface area (Å²) in [5.74, 6) is 1.46. The number of aryl methyl sites for hydroxylation is 2. The fourth-order valence-electron chi connectivity index (χ4n) is 5.57. The van der Waals surface area contributed by atoms with E-state index in [4.69, 9.17) is 21.7 Å². The zero-order chi connectivity index (χ0) is 28.2. The first kappa shape index (κ1) is 26.1. The first-order chi connectivity index (χ1) is 19.1. The average molecular weight is 576 g/mol. The van der Waals surface area contributed by atoms with E-state index in [-0.39, 0.29) is 18.9 Å². The van der Waals surface area contributed by atoms with Crippen LogP contribution in [0.15, 0.2) is 66.9 Å². The molecule has 0 unspecified atom stereocenters. The number of nitrogens with one attached hydrogen (secondary N) is 2. The normalized spacial score (nSPS) is 18.2. The Morgan fingerprint density at radius 3 is 2.50 bits per heavy atom. The van der Waals surface area contributed by atoms with Gasteiger partial charge in [0.05, 0.1) is 29.7 Å². The van der Waals surface area contributed by atoms with E-state index in [2.05, 4.69) is 44.4 Å². The minimum Gasteiger partial charge on any atom is -0.454 e. The highest BCUT2D eigenvalue weighted by Crippen LogP contribution is 2.45. The van der Waals surface area contributed by atoms with Crippen LogP contribution < -0.4 is 24.4 Å². The summed E-state index contributed by atoms with van der Waals surface area (Å²) in [4.78, 5) is 6.76. The molecule has 2 N–H and O–H groups in total. The molecule has 4 aromatic rings. The van der Waals surface area contributed by atoms with E-state index in [1.165, 1.54) is 0 Å². The number of pyridine rings is 1. The molecular formula is C29H29N5O4S2. The number of anilines is 2. The molecule has 2 aromatic heterocycles. The van der Waals surface area contributed by atoms with Crippen molar-refractivity contribution >= 4 is 38.7 Å². The van der Waals surface area contributed by atoms with Crippen LogP contribution in [0.3, 0.4) is 0 Å². The van der Waals surface area contributed by atoms with Crippen molar-refractivity contribution in [3.05, 3.63) is 95.1 Å². The molecule has 6 rings (SSSR count). The number of hydrogen-bond donors (Lipinski definition) is 2. The molecule has 1 fully saturated rings. The van der Waals surface area contributed by atoms with Gasteiger partial charge < -0.3 is 24.3 Å². The van der Waals surface area contributed by atoms with Crippen molar-refractivity contribution in [1.29, 1.82) is 0 Å². The summed E-state index contributed by atoms with van der Waals surface area (Å²) in [6, 6.07) is 19.2. The number of ether oxygens (including phenoxy) is 2. The maximum Gasteiger partial charge on any atom is 0.231 e. The summed E-state index contributed by atoms with van der Waals surface area (Å²) < 4.78 is 39.7. The summed E-state index contributed by atoms with van der Waals surface area (Å²) in [6.07, 6.45) is 2.93. The van der Waals surface area contributed by atoms with E-state index < -0.39 is 10.0 Å². The van der Waals surface area contributed by atoms with Gasteiger partial charge in [0.1, 0.15) is 0 Å². The van der Waals surface area contributed by atoms with E-state index in [0.29, 0.717) is 10.8 Å². The van der Waals surface area contributed by atoms with Crippen molar-refractivity contribution in [3.63, 3.8) is 0 Å². The number of hydrogen-bond acceptors (Lipinski definition) is 6. The van der Waals surface area contributed by atoms with Gasteiger partial charge in [0.15, 0.2) is 16.6 Å². The Balaban J connectivity index is 1.47. The van der Waals surface area contributed by atoms with Gasteiger partial charge >= 0.3 is 0 Å². The van der Waals surface area contributed by atoms with Gasteiger partial charge in [-0.15, -0.1) is 0 Å². The standard InChI is InChI=1S/C29H29N5O4S2/c1-17-13-20(8-10-23(17)32-40(4,35)36)34-28(27(31-29(34)39)24-7-5-6-12-30-24)22-14-18(2)33(19(22)3)21-9-11-25-26(15-21)38-16-37-25/h5-15,27-28,32H,16H2,1-4H3,(H,31,39)/t27-,28+/m0/s1. The third-order valence-electron chi connectivity index (χ3n) is 7.28. The predicted molar refractivity (Wildman–Crippen MR) is 159 cm³/mol. The largest absolute Gasteiger partial charge is 0.454 e. The van der Waals surface area contributed by atoms with Gasteiger partial charge in [-0.2, -0.15) is 0 Å². The highest BCUT2D eigenvalue weighted by molar-refractivity contribution is 7.92. The highest BCUT2D eigenvalue weighted by atomic mass is 32.2. The van der Waals surface area contributed by atoms with Crippen LogP contribution in [0.5, 0.6) is 11.5 Å². The first-order valence-corrected chi connectivity index (χ1v) is 15.1. The molecule has 0 bridgehead atoms. The maximum atomic E-state index is 11.9. The number of sulfonamides is 1. The summed E-state index contributed by atoms with van der Waals surface area (Å²) in [5, 5.41) is 4.07. The van der Waals surface area contributed by atoms with Crippen LogP contribution in [0, 0.1) is 20.8 Å². The van der Waals surface area contributed by atoms with Gasteiger partial charge in [-0.1, -0.05) is 6.07 Å². The van der Waals surface area contributed by atoms with E-state index in [1.807, 2.05) is 55.5 Å². The van der Waals surface area contributed by atoms with Gasteiger partial charge in [-0.05, 0) is 92.6 Å². The van der Waals surface area contributed by atoms with Crippen molar-refractivity contribution in [2.75, 3.05) is 22.7 Å². The summed E-state index contributed by atoms with van der Waals surface area (Å²) in [6.45, 7) is 6.28. The molecular weight excluding hydrogens is 546 g/mol. The second-order valence-electron chi connectivity index (χ2n) is 10.1. The van der Waals surface area contributed by atoms with Crippen molar-refractivity contribution in [2.24, 2.45) is 0 Å². The number of nitrogens with zero attached hydrogens (tertiary/aromatic N) is 3. The van der Waals surface area contributed by atoms with Gasteiger partial charge in [0.2, 0.25) is 16.8 Å². The maximum absolute atomic E-state index is 11.9. The Morgan fingerprint density at radius 1 is 1.00 bits per heavy atom. The SMILES string of the molecule is Cc1cc(N2C(=S)N[C@@H](c3ccccn3)[C@H]2c2cc(C)n(-c3ccc4c(c3)OCO4)c2C)ccc1NS(C)(=O)=O. The molecule has 0 aliphatic carbocycles. The Labute approximate surface area is 238 Å². The molecule has 0 saturated carbocycles. The van der Waals surface area contributed by atoms with Crippen LogP contribution in [0.2, 0.25) is 0 Å². The van der Waals surface area contributed by atoms with Crippen LogP contribution in [0.1, 0.15) is 40.3 Å². The minimum atomic E-state index is -3.41. The topological polar surface area (TPSA) is 97.7 Å². The molecule has 4 heterocycles.